The van der Waals surface area contributed by atoms with Crippen molar-refractivity contribution >= 4 is 43.0 Å². The average Bonchev–Trinajstić information content (AvgIpc) is 2.71. The highest BCUT2D eigenvalue weighted by atomic mass is 79.9. The van der Waals surface area contributed by atoms with Crippen LogP contribution in [0.3, 0.4) is 0 Å². The number of aryl methyl sites for hydroxylation is 2. The smallest absolute Gasteiger partial charge is 0.271 e. The van der Waals surface area contributed by atoms with Gasteiger partial charge in [0.25, 0.3) is 10.0 Å². The van der Waals surface area contributed by atoms with Gasteiger partial charge in [0, 0.05) is 5.56 Å². The Labute approximate surface area is 130 Å². The summed E-state index contributed by atoms with van der Waals surface area (Å²) in [6.45, 7) is 5.28. The fourth-order valence-electron chi connectivity index (χ4n) is 1.71. The van der Waals surface area contributed by atoms with E-state index in [9.17, 15) is 13.5 Å². The summed E-state index contributed by atoms with van der Waals surface area (Å²) in [6, 6.07) is 4.94. The molecular weight excluding hydrogens is 362 g/mol. The zero-order valence-electron chi connectivity index (χ0n) is 11.2. The molecule has 7 heteroatoms. The number of anilines is 1. The third-order valence-electron chi connectivity index (χ3n) is 2.98. The Bertz CT molecular complexity index is 747. The molecular formula is C13H14BrNO3S2. The van der Waals surface area contributed by atoms with E-state index in [4.69, 9.17) is 0 Å². The van der Waals surface area contributed by atoms with E-state index in [0.717, 1.165) is 20.7 Å². The molecule has 0 fully saturated rings. The van der Waals surface area contributed by atoms with Crippen molar-refractivity contribution in [3.05, 3.63) is 38.7 Å². The van der Waals surface area contributed by atoms with Gasteiger partial charge in [-0.1, -0.05) is 6.07 Å². The molecule has 2 aromatic rings. The molecule has 0 atom stereocenters. The number of nitrogens with one attached hydrogen (secondary N) is 1. The number of phenolic OH excluding ortho intramolecular Hbond substituents is 1. The molecule has 108 valence electrons. The molecule has 0 radical (unpaired) electrons. The van der Waals surface area contributed by atoms with Crippen LogP contribution in [-0.2, 0) is 10.0 Å². The first-order valence-corrected chi connectivity index (χ1v) is 8.89. The van der Waals surface area contributed by atoms with Gasteiger partial charge in [-0.25, -0.2) is 8.42 Å². The largest absolute Gasteiger partial charge is 0.507 e. The summed E-state index contributed by atoms with van der Waals surface area (Å²) >= 11 is 4.47. The third-order valence-corrected chi connectivity index (χ3v) is 6.95. The molecule has 0 aliphatic carbocycles. The Kier molecular flexibility index (Phi) is 4.13. The minimum atomic E-state index is -3.64. The van der Waals surface area contributed by atoms with E-state index in [2.05, 4.69) is 20.7 Å². The SMILES string of the molecule is Cc1cc(S(=O)(=O)Nc2ccc(C)c(O)c2C)sc1Br. The maximum absolute atomic E-state index is 12.3. The van der Waals surface area contributed by atoms with Crippen molar-refractivity contribution in [3.63, 3.8) is 0 Å². The fourth-order valence-corrected chi connectivity index (χ4v) is 5.05. The van der Waals surface area contributed by atoms with Crippen molar-refractivity contribution in [1.29, 1.82) is 0 Å². The van der Waals surface area contributed by atoms with Crippen LogP contribution in [0.25, 0.3) is 0 Å². The predicted octanol–water partition coefficient (Wildman–Crippen LogP) is 3.94. The molecule has 0 aliphatic rings. The lowest BCUT2D eigenvalue weighted by Gasteiger charge is -2.11. The summed E-state index contributed by atoms with van der Waals surface area (Å²) < 4.78 is 28.2. The Morgan fingerprint density at radius 1 is 1.20 bits per heavy atom. The molecule has 0 unspecified atom stereocenters. The van der Waals surface area contributed by atoms with E-state index in [1.54, 1.807) is 32.0 Å². The number of phenols is 1. The van der Waals surface area contributed by atoms with Gasteiger partial charge >= 0.3 is 0 Å². The van der Waals surface area contributed by atoms with Crippen LogP contribution in [0, 0.1) is 20.8 Å². The van der Waals surface area contributed by atoms with Gasteiger partial charge in [0.2, 0.25) is 0 Å². The summed E-state index contributed by atoms with van der Waals surface area (Å²) in [4.78, 5) is 0. The summed E-state index contributed by atoms with van der Waals surface area (Å²) in [5.41, 5.74) is 2.48. The highest BCUT2D eigenvalue weighted by molar-refractivity contribution is 9.11. The van der Waals surface area contributed by atoms with Crippen LogP contribution in [-0.4, -0.2) is 13.5 Å². The second kappa shape index (κ2) is 5.38. The second-order valence-electron chi connectivity index (χ2n) is 4.53. The number of hydrogen-bond acceptors (Lipinski definition) is 4. The Morgan fingerprint density at radius 2 is 1.85 bits per heavy atom. The number of aromatic hydroxyl groups is 1. The molecule has 1 aromatic heterocycles. The predicted molar refractivity (Wildman–Crippen MR) is 85.1 cm³/mol. The van der Waals surface area contributed by atoms with Gasteiger partial charge in [-0.05, 0) is 60.0 Å². The molecule has 2 rings (SSSR count). The summed E-state index contributed by atoms with van der Waals surface area (Å²) in [5.74, 6) is 0.105. The van der Waals surface area contributed by atoms with Gasteiger partial charge in [0.05, 0.1) is 9.47 Å². The topological polar surface area (TPSA) is 66.4 Å². The monoisotopic (exact) mass is 375 g/mol. The van der Waals surface area contributed by atoms with Gasteiger partial charge in [0.15, 0.2) is 0 Å². The van der Waals surface area contributed by atoms with Crippen LogP contribution in [0.5, 0.6) is 5.75 Å². The minimum Gasteiger partial charge on any atom is -0.507 e. The summed E-state index contributed by atoms with van der Waals surface area (Å²) in [6.07, 6.45) is 0. The quantitative estimate of drug-likeness (QED) is 0.853. The number of sulfonamides is 1. The van der Waals surface area contributed by atoms with E-state index in [-0.39, 0.29) is 9.96 Å². The fraction of sp³-hybridized carbons (Fsp3) is 0.231. The molecule has 0 saturated heterocycles. The lowest BCUT2D eigenvalue weighted by molar-refractivity contribution is 0.467. The minimum absolute atomic E-state index is 0.105. The standard InChI is InChI=1S/C13H14BrNO3S2/c1-7-4-5-10(9(3)12(7)16)15-20(17,18)11-6-8(2)13(14)19-11/h4-6,15-16H,1-3H3. The first-order valence-electron chi connectivity index (χ1n) is 5.80. The highest BCUT2D eigenvalue weighted by Gasteiger charge is 2.20. The Morgan fingerprint density at radius 3 is 2.40 bits per heavy atom. The van der Waals surface area contributed by atoms with Crippen molar-refractivity contribution in [2.45, 2.75) is 25.0 Å². The van der Waals surface area contributed by atoms with Crippen molar-refractivity contribution in [2.75, 3.05) is 4.72 Å². The number of rotatable bonds is 3. The number of hydrogen-bond donors (Lipinski definition) is 2. The van der Waals surface area contributed by atoms with E-state index < -0.39 is 10.0 Å². The van der Waals surface area contributed by atoms with E-state index in [1.807, 2.05) is 6.92 Å². The van der Waals surface area contributed by atoms with Crippen LogP contribution in [0.15, 0.2) is 26.2 Å². The molecule has 0 amide bonds. The van der Waals surface area contributed by atoms with Gasteiger partial charge in [-0.3, -0.25) is 4.72 Å². The van der Waals surface area contributed by atoms with Crippen LogP contribution in [0.1, 0.15) is 16.7 Å². The highest BCUT2D eigenvalue weighted by Crippen LogP contribution is 2.33. The maximum Gasteiger partial charge on any atom is 0.271 e. The molecule has 0 aliphatic heterocycles. The van der Waals surface area contributed by atoms with Crippen LogP contribution in [0.2, 0.25) is 0 Å². The van der Waals surface area contributed by atoms with E-state index >= 15 is 0 Å². The lowest BCUT2D eigenvalue weighted by atomic mass is 10.1. The third kappa shape index (κ3) is 2.84. The zero-order chi connectivity index (χ0) is 15.1. The summed E-state index contributed by atoms with van der Waals surface area (Å²) in [5, 5.41) is 9.86. The molecule has 1 aromatic carbocycles. The second-order valence-corrected chi connectivity index (χ2v) is 8.81. The Balaban J connectivity index is 2.41. The molecule has 0 spiro atoms. The maximum atomic E-state index is 12.3. The molecule has 0 bridgehead atoms. The average molecular weight is 376 g/mol. The molecule has 1 heterocycles. The molecule has 0 saturated carbocycles. The van der Waals surface area contributed by atoms with Crippen LogP contribution in [0.4, 0.5) is 5.69 Å². The molecule has 4 nitrogen and oxygen atoms in total. The van der Waals surface area contributed by atoms with Gasteiger partial charge < -0.3 is 5.11 Å². The number of thiophene rings is 1. The summed E-state index contributed by atoms with van der Waals surface area (Å²) in [7, 11) is -3.64. The van der Waals surface area contributed by atoms with Gasteiger partial charge in [-0.2, -0.15) is 0 Å². The number of halogens is 1. The van der Waals surface area contributed by atoms with Crippen molar-refractivity contribution in [3.8, 4) is 5.75 Å². The van der Waals surface area contributed by atoms with Crippen molar-refractivity contribution < 1.29 is 13.5 Å². The van der Waals surface area contributed by atoms with Crippen LogP contribution < -0.4 is 4.72 Å². The van der Waals surface area contributed by atoms with Crippen molar-refractivity contribution in [1.82, 2.24) is 0 Å². The van der Waals surface area contributed by atoms with Gasteiger partial charge in [-0.15, -0.1) is 11.3 Å². The molecule has 2 N–H and O–H groups in total. The van der Waals surface area contributed by atoms with Gasteiger partial charge in [0.1, 0.15) is 9.96 Å². The van der Waals surface area contributed by atoms with E-state index in [0.29, 0.717) is 16.8 Å². The first kappa shape index (κ1) is 15.3. The van der Waals surface area contributed by atoms with E-state index in [1.165, 1.54) is 0 Å². The van der Waals surface area contributed by atoms with Crippen molar-refractivity contribution in [2.24, 2.45) is 0 Å². The zero-order valence-corrected chi connectivity index (χ0v) is 14.4. The number of benzene rings is 1. The lowest BCUT2D eigenvalue weighted by Crippen LogP contribution is -2.12. The molecule has 20 heavy (non-hydrogen) atoms. The Hall–Kier alpha value is -1.05. The first-order chi connectivity index (χ1) is 9.22. The van der Waals surface area contributed by atoms with Crippen LogP contribution >= 0.6 is 27.3 Å². The normalized spacial score (nSPS) is 11.6.